The molecule has 1 aliphatic carbocycles. The maximum atomic E-state index is 6.38. The number of aryl methyl sites for hydroxylation is 1. The molecule has 1 aliphatic rings. The molecule has 2 N–H and O–H groups in total. The van der Waals surface area contributed by atoms with Gasteiger partial charge in [-0.15, -0.1) is 0 Å². The molecule has 3 rings (SSSR count). The molecule has 0 aliphatic heterocycles. The Morgan fingerprint density at radius 1 is 1.22 bits per heavy atom. The van der Waals surface area contributed by atoms with E-state index >= 15 is 0 Å². The summed E-state index contributed by atoms with van der Waals surface area (Å²) < 4.78 is 0.974. The molecule has 3 nitrogen and oxygen atoms in total. The van der Waals surface area contributed by atoms with Crippen molar-refractivity contribution in [3.05, 3.63) is 58.1 Å². The highest BCUT2D eigenvalue weighted by molar-refractivity contribution is 9.10. The third kappa shape index (κ3) is 1.95. The average molecular weight is 304 g/mol. The Kier molecular flexibility index (Phi) is 3.14. The van der Waals surface area contributed by atoms with E-state index in [-0.39, 0.29) is 12.0 Å². The second-order valence-corrected chi connectivity index (χ2v) is 5.44. The zero-order valence-electron chi connectivity index (χ0n) is 9.88. The third-order valence-electron chi connectivity index (χ3n) is 3.54. The highest BCUT2D eigenvalue weighted by Gasteiger charge is 2.31. The molecule has 2 heterocycles. The van der Waals surface area contributed by atoms with Crippen LogP contribution < -0.4 is 5.73 Å². The topological polar surface area (TPSA) is 51.8 Å². The van der Waals surface area contributed by atoms with Gasteiger partial charge in [-0.1, -0.05) is 6.07 Å². The first kappa shape index (κ1) is 11.8. The van der Waals surface area contributed by atoms with E-state index in [2.05, 4.69) is 32.0 Å². The van der Waals surface area contributed by atoms with E-state index in [0.717, 1.165) is 28.7 Å². The number of hydrogen-bond donors (Lipinski definition) is 1. The van der Waals surface area contributed by atoms with E-state index < -0.39 is 0 Å². The predicted octanol–water partition coefficient (Wildman–Crippen LogP) is 2.97. The van der Waals surface area contributed by atoms with Crippen LogP contribution in [-0.4, -0.2) is 9.97 Å². The number of halogens is 1. The lowest BCUT2D eigenvalue weighted by atomic mass is 9.94. The van der Waals surface area contributed by atoms with E-state index in [9.17, 15) is 0 Å². The van der Waals surface area contributed by atoms with Gasteiger partial charge in [0.1, 0.15) is 0 Å². The lowest BCUT2D eigenvalue weighted by Gasteiger charge is -2.19. The van der Waals surface area contributed by atoms with E-state index in [1.807, 2.05) is 24.4 Å². The third-order valence-corrected chi connectivity index (χ3v) is 4.21. The minimum Gasteiger partial charge on any atom is -0.322 e. The fourth-order valence-electron chi connectivity index (χ4n) is 2.63. The molecule has 0 bridgehead atoms. The first-order chi connectivity index (χ1) is 8.77. The number of nitrogens with zero attached hydrogens (tertiary/aromatic N) is 2. The van der Waals surface area contributed by atoms with Crippen LogP contribution in [0.1, 0.15) is 35.3 Å². The molecule has 4 heteroatoms. The maximum Gasteiger partial charge on any atom is 0.0719 e. The average Bonchev–Trinajstić information content (AvgIpc) is 2.82. The molecule has 0 spiro atoms. The normalized spacial score (nSPS) is 19.6. The standard InChI is InChI=1S/C14H14BrN3/c15-11-4-2-8-18-14(11)12(16)10-6-5-9-3-1-7-17-13(9)10/h1-4,7-8,10,12H,5-6,16H2. The van der Waals surface area contributed by atoms with Crippen LogP contribution in [0.5, 0.6) is 0 Å². The number of pyridine rings is 2. The summed E-state index contributed by atoms with van der Waals surface area (Å²) in [5, 5.41) is 0. The summed E-state index contributed by atoms with van der Waals surface area (Å²) in [5.41, 5.74) is 9.77. The Bertz CT molecular complexity index is 570. The van der Waals surface area contributed by atoms with Crippen molar-refractivity contribution in [1.82, 2.24) is 9.97 Å². The number of nitrogens with two attached hydrogens (primary N) is 1. The lowest BCUT2D eigenvalue weighted by molar-refractivity contribution is 0.528. The van der Waals surface area contributed by atoms with Crippen molar-refractivity contribution in [2.75, 3.05) is 0 Å². The van der Waals surface area contributed by atoms with Crippen molar-refractivity contribution in [3.8, 4) is 0 Å². The number of aromatic nitrogens is 2. The van der Waals surface area contributed by atoms with Gasteiger partial charge in [0.05, 0.1) is 11.7 Å². The molecule has 0 saturated heterocycles. The summed E-state index contributed by atoms with van der Waals surface area (Å²) in [6, 6.07) is 7.92. The van der Waals surface area contributed by atoms with E-state index in [0.29, 0.717) is 0 Å². The van der Waals surface area contributed by atoms with Crippen LogP contribution in [0.4, 0.5) is 0 Å². The monoisotopic (exact) mass is 303 g/mol. The maximum absolute atomic E-state index is 6.38. The van der Waals surface area contributed by atoms with Crippen LogP contribution in [0, 0.1) is 0 Å². The van der Waals surface area contributed by atoms with Crippen LogP contribution in [0.15, 0.2) is 41.1 Å². The van der Waals surface area contributed by atoms with Crippen LogP contribution in [0.3, 0.4) is 0 Å². The second kappa shape index (κ2) is 4.78. The molecule has 0 amide bonds. The van der Waals surface area contributed by atoms with Gasteiger partial charge in [0.15, 0.2) is 0 Å². The quantitative estimate of drug-likeness (QED) is 0.928. The van der Waals surface area contributed by atoms with Crippen molar-refractivity contribution >= 4 is 15.9 Å². The fraction of sp³-hybridized carbons (Fsp3) is 0.286. The molecule has 0 saturated carbocycles. The van der Waals surface area contributed by atoms with E-state index in [4.69, 9.17) is 5.73 Å². The van der Waals surface area contributed by atoms with Crippen LogP contribution in [0.2, 0.25) is 0 Å². The van der Waals surface area contributed by atoms with Crippen LogP contribution in [-0.2, 0) is 6.42 Å². The van der Waals surface area contributed by atoms with E-state index in [1.54, 1.807) is 6.20 Å². The molecule has 18 heavy (non-hydrogen) atoms. The number of hydrogen-bond acceptors (Lipinski definition) is 3. The zero-order chi connectivity index (χ0) is 12.5. The van der Waals surface area contributed by atoms with Gasteiger partial charge in [-0.25, -0.2) is 0 Å². The Hall–Kier alpha value is -1.26. The van der Waals surface area contributed by atoms with Crippen molar-refractivity contribution in [2.45, 2.75) is 24.8 Å². The Balaban J connectivity index is 1.96. The molecule has 0 aromatic carbocycles. The van der Waals surface area contributed by atoms with E-state index in [1.165, 1.54) is 5.56 Å². The van der Waals surface area contributed by atoms with Gasteiger partial charge in [-0.3, -0.25) is 9.97 Å². The molecule has 2 aromatic heterocycles. The lowest BCUT2D eigenvalue weighted by Crippen LogP contribution is -2.20. The predicted molar refractivity (Wildman–Crippen MR) is 74.2 cm³/mol. The highest BCUT2D eigenvalue weighted by Crippen LogP contribution is 2.39. The fourth-order valence-corrected chi connectivity index (χ4v) is 3.15. The second-order valence-electron chi connectivity index (χ2n) is 4.59. The summed E-state index contributed by atoms with van der Waals surface area (Å²) in [6.07, 6.45) is 5.74. The largest absolute Gasteiger partial charge is 0.322 e. The Morgan fingerprint density at radius 2 is 2.00 bits per heavy atom. The molecule has 2 unspecified atom stereocenters. The summed E-state index contributed by atoms with van der Waals surface area (Å²) in [7, 11) is 0. The van der Waals surface area contributed by atoms with Gasteiger partial charge in [0, 0.05) is 28.5 Å². The summed E-state index contributed by atoms with van der Waals surface area (Å²) in [4.78, 5) is 8.89. The SMILES string of the molecule is NC(c1ncccc1Br)C1CCc2cccnc21. The number of fused-ring (bicyclic) bond motifs is 1. The zero-order valence-corrected chi connectivity index (χ0v) is 11.5. The molecule has 92 valence electrons. The molecule has 0 fully saturated rings. The van der Waals surface area contributed by atoms with Crippen molar-refractivity contribution in [2.24, 2.45) is 5.73 Å². The van der Waals surface area contributed by atoms with Gasteiger partial charge in [-0.2, -0.15) is 0 Å². The molecular weight excluding hydrogens is 290 g/mol. The minimum atomic E-state index is -0.100. The summed E-state index contributed by atoms with van der Waals surface area (Å²) in [5.74, 6) is 0.271. The van der Waals surface area contributed by atoms with Crippen LogP contribution in [0.25, 0.3) is 0 Å². The van der Waals surface area contributed by atoms with Gasteiger partial charge in [-0.05, 0) is 52.5 Å². The Morgan fingerprint density at radius 3 is 2.83 bits per heavy atom. The Labute approximate surface area is 115 Å². The van der Waals surface area contributed by atoms with Crippen LogP contribution >= 0.6 is 15.9 Å². The van der Waals surface area contributed by atoms with Gasteiger partial charge < -0.3 is 5.73 Å². The summed E-state index contributed by atoms with van der Waals surface area (Å²) in [6.45, 7) is 0. The van der Waals surface area contributed by atoms with Gasteiger partial charge in [0.25, 0.3) is 0 Å². The number of rotatable bonds is 2. The molecular formula is C14H14BrN3. The molecule has 0 radical (unpaired) electrons. The first-order valence-electron chi connectivity index (χ1n) is 6.07. The van der Waals surface area contributed by atoms with Gasteiger partial charge >= 0.3 is 0 Å². The molecule has 2 aromatic rings. The summed E-state index contributed by atoms with van der Waals surface area (Å²) >= 11 is 3.52. The molecule has 2 atom stereocenters. The van der Waals surface area contributed by atoms with Gasteiger partial charge in [0.2, 0.25) is 0 Å². The first-order valence-corrected chi connectivity index (χ1v) is 6.86. The minimum absolute atomic E-state index is 0.100. The smallest absolute Gasteiger partial charge is 0.0719 e. The van der Waals surface area contributed by atoms with Crippen molar-refractivity contribution < 1.29 is 0 Å². The highest BCUT2D eigenvalue weighted by atomic mass is 79.9. The van der Waals surface area contributed by atoms with Crippen molar-refractivity contribution in [1.29, 1.82) is 0 Å². The van der Waals surface area contributed by atoms with Crippen molar-refractivity contribution in [3.63, 3.8) is 0 Å².